The predicted octanol–water partition coefficient (Wildman–Crippen LogP) is 6.08. The van der Waals surface area contributed by atoms with Crippen LogP contribution in [0.2, 0.25) is 0 Å². The van der Waals surface area contributed by atoms with Crippen LogP contribution >= 0.6 is 11.3 Å². The summed E-state index contributed by atoms with van der Waals surface area (Å²) >= 11 is 0.871. The molecule has 0 spiro atoms. The van der Waals surface area contributed by atoms with E-state index in [4.69, 9.17) is 10.5 Å². The Morgan fingerprint density at radius 2 is 1.94 bits per heavy atom. The molecule has 0 amide bonds. The Kier molecular flexibility index (Phi) is 7.37. The average molecular weight is 700 g/mol. The topological polar surface area (TPSA) is 122 Å². The van der Waals surface area contributed by atoms with E-state index in [9.17, 15) is 27.2 Å². The molecule has 1 saturated heterocycles. The molecule has 3 aliphatic rings. The maximum Gasteiger partial charge on any atom is 0.434 e. The molecule has 6 heterocycles. The Labute approximate surface area is 278 Å². The number of halogens is 6. The molecule has 1 atom stereocenters. The van der Waals surface area contributed by atoms with Gasteiger partial charge in [-0.25, -0.2) is 18.2 Å². The number of nitrogens with zero attached hydrogens (tertiary/aromatic N) is 8. The normalized spacial score (nSPS) is 19.0. The summed E-state index contributed by atoms with van der Waals surface area (Å²) in [4.78, 5) is 20.9. The molecule has 1 aromatic carbocycles. The lowest BCUT2D eigenvalue weighted by atomic mass is 10.0. The molecule has 5 aromatic rings. The van der Waals surface area contributed by atoms with Crippen LogP contribution in [0.4, 0.5) is 37.2 Å². The van der Waals surface area contributed by atoms with Gasteiger partial charge < -0.3 is 19.9 Å². The maximum absolute atomic E-state index is 16.7. The summed E-state index contributed by atoms with van der Waals surface area (Å²) in [5.41, 5.74) is 4.50. The van der Waals surface area contributed by atoms with Crippen LogP contribution in [0, 0.1) is 28.4 Å². The monoisotopic (exact) mass is 699 g/mol. The van der Waals surface area contributed by atoms with Crippen molar-refractivity contribution in [3.8, 4) is 23.3 Å². The van der Waals surface area contributed by atoms with Crippen molar-refractivity contribution < 1.29 is 31.1 Å². The summed E-state index contributed by atoms with van der Waals surface area (Å²) < 4.78 is 93.3. The first-order chi connectivity index (χ1) is 23.4. The average Bonchev–Trinajstić information content (AvgIpc) is 3.33. The third kappa shape index (κ3) is 5.56. The van der Waals surface area contributed by atoms with Gasteiger partial charge in [-0.05, 0) is 31.4 Å². The first kappa shape index (κ1) is 31.6. The highest BCUT2D eigenvalue weighted by molar-refractivity contribution is 7.23. The number of nitrogen functional groups attached to an aromatic ring is 1. The van der Waals surface area contributed by atoms with Crippen LogP contribution in [0.15, 0.2) is 24.5 Å². The molecule has 49 heavy (non-hydrogen) atoms. The second-order valence-corrected chi connectivity index (χ2v) is 13.9. The first-order valence-electron chi connectivity index (χ1n) is 15.6. The minimum Gasteiger partial charge on any atom is -0.463 e. The van der Waals surface area contributed by atoms with E-state index < -0.39 is 29.7 Å². The summed E-state index contributed by atoms with van der Waals surface area (Å²) in [7, 11) is 0. The van der Waals surface area contributed by atoms with E-state index in [1.54, 1.807) is 4.90 Å². The van der Waals surface area contributed by atoms with Gasteiger partial charge >= 0.3 is 12.2 Å². The van der Waals surface area contributed by atoms with Gasteiger partial charge in [-0.15, -0.1) is 11.3 Å². The van der Waals surface area contributed by atoms with Crippen molar-refractivity contribution in [1.82, 2.24) is 29.4 Å². The summed E-state index contributed by atoms with van der Waals surface area (Å²) in [6.45, 7) is 2.17. The first-order valence-corrected chi connectivity index (χ1v) is 16.4. The van der Waals surface area contributed by atoms with Gasteiger partial charge in [0.2, 0.25) is 0 Å². The molecule has 0 bridgehead atoms. The van der Waals surface area contributed by atoms with E-state index in [-0.39, 0.29) is 92.1 Å². The molecule has 2 aliphatic heterocycles. The number of benzene rings is 1. The third-order valence-corrected chi connectivity index (χ3v) is 10.5. The fourth-order valence-corrected chi connectivity index (χ4v) is 7.68. The lowest BCUT2D eigenvalue weighted by molar-refractivity contribution is -0.141. The van der Waals surface area contributed by atoms with Crippen molar-refractivity contribution in [2.75, 3.05) is 43.4 Å². The summed E-state index contributed by atoms with van der Waals surface area (Å²) in [6.07, 6.45) is -0.992. The number of rotatable bonds is 7. The second kappa shape index (κ2) is 11.4. The number of nitriles is 1. The SMILES string of the molecule is N#Cc1c(N)sc2c(F)ccc(-c3ncc4c(N5CCn6cc(C(F)(F)F)nc6C5)nc(OCC5(CN6CC[C@@H](F)C6)CC5)nc4c3F)c12. The van der Waals surface area contributed by atoms with Crippen LogP contribution in [0.1, 0.15) is 36.3 Å². The zero-order chi connectivity index (χ0) is 34.2. The molecular weight excluding hydrogens is 672 g/mol. The molecule has 4 aromatic heterocycles. The Bertz CT molecular complexity index is 2170. The van der Waals surface area contributed by atoms with Crippen molar-refractivity contribution in [1.29, 1.82) is 5.26 Å². The molecule has 254 valence electrons. The fourth-order valence-electron chi connectivity index (χ4n) is 6.73. The highest BCUT2D eigenvalue weighted by Gasteiger charge is 2.46. The van der Waals surface area contributed by atoms with Crippen LogP contribution in [0.3, 0.4) is 0 Å². The molecule has 8 rings (SSSR count). The van der Waals surface area contributed by atoms with E-state index in [0.29, 0.717) is 26.1 Å². The number of hydrogen-bond acceptors (Lipinski definition) is 10. The lowest BCUT2D eigenvalue weighted by Gasteiger charge is -2.29. The van der Waals surface area contributed by atoms with Gasteiger partial charge in [0.15, 0.2) is 11.5 Å². The number of hydrogen-bond donors (Lipinski definition) is 1. The molecule has 1 saturated carbocycles. The van der Waals surface area contributed by atoms with Crippen molar-refractivity contribution >= 4 is 43.1 Å². The zero-order valence-electron chi connectivity index (χ0n) is 25.7. The largest absolute Gasteiger partial charge is 0.463 e. The molecule has 10 nitrogen and oxygen atoms in total. The number of aromatic nitrogens is 5. The molecule has 2 fully saturated rings. The maximum atomic E-state index is 16.7. The van der Waals surface area contributed by atoms with Crippen LogP contribution < -0.4 is 15.4 Å². The second-order valence-electron chi connectivity index (χ2n) is 12.8. The van der Waals surface area contributed by atoms with E-state index >= 15 is 4.39 Å². The number of likely N-dealkylation sites (tertiary alicyclic amines) is 1. The quantitative estimate of drug-likeness (QED) is 0.202. The molecule has 0 radical (unpaired) electrons. The number of fused-ring (bicyclic) bond motifs is 3. The van der Waals surface area contributed by atoms with Crippen molar-refractivity contribution in [2.24, 2.45) is 5.41 Å². The van der Waals surface area contributed by atoms with Gasteiger partial charge in [0.25, 0.3) is 0 Å². The van der Waals surface area contributed by atoms with Gasteiger partial charge in [-0.1, -0.05) is 0 Å². The molecule has 1 aliphatic carbocycles. The number of imidazole rings is 1. The number of thiophene rings is 1. The van der Waals surface area contributed by atoms with E-state index in [1.165, 1.54) is 16.8 Å². The van der Waals surface area contributed by atoms with Crippen molar-refractivity contribution in [3.05, 3.63) is 53.2 Å². The molecule has 2 N–H and O–H groups in total. The smallest absolute Gasteiger partial charge is 0.434 e. The number of ether oxygens (including phenoxy) is 1. The predicted molar refractivity (Wildman–Crippen MR) is 169 cm³/mol. The van der Waals surface area contributed by atoms with E-state index in [1.807, 2.05) is 6.07 Å². The van der Waals surface area contributed by atoms with Gasteiger partial charge in [0.05, 0.1) is 28.8 Å². The zero-order valence-corrected chi connectivity index (χ0v) is 26.5. The standard InChI is InChI=1S/C32H27F6N9OS/c33-16-3-6-45(11-16)14-31(4-5-31)15-48-30-43-26-19(29(44-30)47-8-7-46-12-21(32(36,37)38)42-22(46)13-47)10-41-25(24(26)35)17-1-2-20(34)27-23(17)18(9-39)28(40)49-27/h1-2,10,12,16H,3-8,11,13-15,40H2/t16-/m1/s1. The van der Waals surface area contributed by atoms with Gasteiger partial charge in [0, 0.05) is 61.5 Å². The third-order valence-electron chi connectivity index (χ3n) is 9.46. The summed E-state index contributed by atoms with van der Waals surface area (Å²) in [6, 6.07) is 4.28. The number of nitrogens with two attached hydrogens (primary N) is 1. The minimum absolute atomic E-state index is 0.00273. The molecular formula is C32H27F6N9OS. The highest BCUT2D eigenvalue weighted by atomic mass is 32.1. The van der Waals surface area contributed by atoms with Gasteiger partial charge in [0.1, 0.15) is 45.9 Å². The Hall–Kier alpha value is -4.69. The highest BCUT2D eigenvalue weighted by Crippen LogP contribution is 2.47. The number of anilines is 2. The van der Waals surface area contributed by atoms with Crippen molar-refractivity contribution in [3.63, 3.8) is 0 Å². The lowest BCUT2D eigenvalue weighted by Crippen LogP contribution is -2.34. The summed E-state index contributed by atoms with van der Waals surface area (Å²) in [5, 5.41) is 10.1. The fraction of sp³-hybridized carbons (Fsp3) is 0.406. The van der Waals surface area contributed by atoms with Crippen molar-refractivity contribution in [2.45, 2.75) is 44.7 Å². The van der Waals surface area contributed by atoms with Crippen LogP contribution in [-0.4, -0.2) is 68.4 Å². The summed E-state index contributed by atoms with van der Waals surface area (Å²) in [5.74, 6) is -1.18. The molecule has 0 unspecified atom stereocenters. The van der Waals surface area contributed by atoms with Crippen LogP contribution in [0.25, 0.3) is 32.2 Å². The number of pyridine rings is 1. The van der Waals surface area contributed by atoms with E-state index in [0.717, 1.165) is 36.4 Å². The Morgan fingerprint density at radius 1 is 1.12 bits per heavy atom. The Morgan fingerprint density at radius 3 is 2.65 bits per heavy atom. The minimum atomic E-state index is -4.62. The molecule has 17 heteroatoms. The Balaban J connectivity index is 1.21. The number of alkyl halides is 4. The van der Waals surface area contributed by atoms with Crippen LogP contribution in [0.5, 0.6) is 6.01 Å². The van der Waals surface area contributed by atoms with Crippen LogP contribution in [-0.2, 0) is 19.3 Å². The van der Waals surface area contributed by atoms with Gasteiger partial charge in [-0.3, -0.25) is 9.88 Å². The van der Waals surface area contributed by atoms with Gasteiger partial charge in [-0.2, -0.15) is 28.4 Å². The van der Waals surface area contributed by atoms with E-state index in [2.05, 4.69) is 24.8 Å².